The fourth-order valence-corrected chi connectivity index (χ4v) is 3.69. The Balaban J connectivity index is 1.59. The number of hydrogen-bond acceptors (Lipinski definition) is 7. The van der Waals surface area contributed by atoms with Gasteiger partial charge in [-0.3, -0.25) is 9.69 Å². The highest BCUT2D eigenvalue weighted by molar-refractivity contribution is 5.94. The molecule has 1 amide bonds. The van der Waals surface area contributed by atoms with E-state index >= 15 is 0 Å². The first kappa shape index (κ1) is 24.2. The fraction of sp³-hybridized carbons (Fsp3) is 0.261. The number of cyclic esters (lactones) is 1. The van der Waals surface area contributed by atoms with Gasteiger partial charge < -0.3 is 24.7 Å². The normalized spacial score (nSPS) is 16.9. The molecule has 2 aromatic carbocycles. The van der Waals surface area contributed by atoms with Gasteiger partial charge in [0.15, 0.2) is 12.2 Å². The van der Waals surface area contributed by atoms with Crippen molar-refractivity contribution in [2.75, 3.05) is 24.7 Å². The molecule has 1 aromatic heterocycles. The van der Waals surface area contributed by atoms with E-state index in [1.807, 2.05) is 0 Å². The van der Waals surface area contributed by atoms with E-state index in [0.29, 0.717) is 11.1 Å². The first-order chi connectivity index (χ1) is 16.6. The number of aromatic nitrogens is 1. The first-order valence-electron chi connectivity index (χ1n) is 10.4. The van der Waals surface area contributed by atoms with Crippen LogP contribution in [0.1, 0.15) is 5.56 Å². The van der Waals surface area contributed by atoms with Gasteiger partial charge in [0, 0.05) is 22.3 Å². The van der Waals surface area contributed by atoms with Gasteiger partial charge in [-0.05, 0) is 29.7 Å². The Morgan fingerprint density at radius 1 is 1.20 bits per heavy atom. The number of anilines is 1. The summed E-state index contributed by atoms with van der Waals surface area (Å²) in [6.45, 7) is -1.19. The highest BCUT2D eigenvalue weighted by atomic mass is 19.4. The lowest BCUT2D eigenvalue weighted by Crippen LogP contribution is -2.31. The van der Waals surface area contributed by atoms with Crippen LogP contribution < -0.4 is 10.5 Å². The molecule has 9 nitrogen and oxygen atoms in total. The van der Waals surface area contributed by atoms with Crippen molar-refractivity contribution in [3.63, 3.8) is 0 Å². The number of amides is 1. The van der Waals surface area contributed by atoms with Crippen molar-refractivity contribution >= 4 is 28.5 Å². The van der Waals surface area contributed by atoms with Crippen molar-refractivity contribution in [3.8, 4) is 11.3 Å². The highest BCUT2D eigenvalue weighted by Crippen LogP contribution is 2.36. The Morgan fingerprint density at radius 3 is 2.66 bits per heavy atom. The summed E-state index contributed by atoms with van der Waals surface area (Å²) in [7, 11) is 0. The van der Waals surface area contributed by atoms with E-state index in [0.717, 1.165) is 6.07 Å². The number of nitrogens with one attached hydrogen (secondary N) is 1. The van der Waals surface area contributed by atoms with E-state index in [4.69, 9.17) is 14.6 Å². The van der Waals surface area contributed by atoms with Crippen LogP contribution in [0.25, 0.3) is 22.0 Å². The molecule has 3 aromatic rings. The van der Waals surface area contributed by atoms with Crippen LogP contribution in [0.5, 0.6) is 0 Å². The lowest BCUT2D eigenvalue weighted by molar-refractivity contribution is -0.157. The molecule has 4 rings (SSSR count). The quantitative estimate of drug-likeness (QED) is 0.451. The zero-order valence-corrected chi connectivity index (χ0v) is 17.9. The van der Waals surface area contributed by atoms with E-state index in [-0.39, 0.29) is 29.8 Å². The van der Waals surface area contributed by atoms with Gasteiger partial charge in [0.25, 0.3) is 5.56 Å². The number of aromatic amines is 1. The van der Waals surface area contributed by atoms with Crippen molar-refractivity contribution in [2.45, 2.75) is 18.4 Å². The summed E-state index contributed by atoms with van der Waals surface area (Å²) in [6.07, 6.45) is -7.93. The van der Waals surface area contributed by atoms with E-state index < -0.39 is 48.2 Å². The second kappa shape index (κ2) is 9.39. The van der Waals surface area contributed by atoms with Gasteiger partial charge in [0.2, 0.25) is 0 Å². The van der Waals surface area contributed by atoms with E-state index in [1.54, 1.807) is 0 Å². The molecule has 0 radical (unpaired) electrons. The molecule has 1 aliphatic heterocycles. The summed E-state index contributed by atoms with van der Waals surface area (Å²) < 4.78 is 50.2. The molecule has 1 aliphatic rings. The number of ether oxygens (including phenoxy) is 2. The molecular formula is C23H19F3N2O7. The zero-order valence-electron chi connectivity index (χ0n) is 17.9. The summed E-state index contributed by atoms with van der Waals surface area (Å²) in [6, 6.07) is 10.7. The minimum absolute atomic E-state index is 0.00398. The van der Waals surface area contributed by atoms with Crippen LogP contribution >= 0.6 is 0 Å². The smallest absolute Gasteiger partial charge is 0.417 e. The molecule has 184 valence electrons. The van der Waals surface area contributed by atoms with Crippen LogP contribution in [-0.4, -0.2) is 59.2 Å². The van der Waals surface area contributed by atoms with Crippen LogP contribution in [0.3, 0.4) is 0 Å². The average Bonchev–Trinajstić information content (AvgIpc) is 3.21. The number of rotatable bonds is 6. The standard InChI is InChI=1S/C23H19F3N2O7/c24-23(25,26)17-4-2-1-3-15(17)18-7-12-5-6-13(8-16(12)20(31)27-18)28-9-14(35-22(28)33)11-34-21(32)19(30)10-29/h1-8,14,19,29-30H,9-11H2,(H,27,31)/t14-,19+/m0/s1. The third kappa shape index (κ3) is 4.98. The minimum atomic E-state index is -4.61. The highest BCUT2D eigenvalue weighted by Gasteiger charge is 2.35. The number of nitrogens with zero attached hydrogens (tertiary/aromatic N) is 1. The zero-order chi connectivity index (χ0) is 25.3. The third-order valence-electron chi connectivity index (χ3n) is 5.39. The van der Waals surface area contributed by atoms with Crippen molar-refractivity contribution in [3.05, 3.63) is 64.4 Å². The molecule has 0 spiro atoms. The number of H-pyrrole nitrogens is 1. The largest absolute Gasteiger partial charge is 0.460 e. The fourth-order valence-electron chi connectivity index (χ4n) is 3.69. The van der Waals surface area contributed by atoms with Crippen LogP contribution in [-0.2, 0) is 20.4 Å². The van der Waals surface area contributed by atoms with Crippen molar-refractivity contribution in [1.82, 2.24) is 4.98 Å². The number of aliphatic hydroxyl groups excluding tert-OH is 2. The Labute approximate surface area is 195 Å². The van der Waals surface area contributed by atoms with E-state index in [9.17, 15) is 32.7 Å². The molecule has 3 N–H and O–H groups in total. The Bertz CT molecular complexity index is 1340. The first-order valence-corrected chi connectivity index (χ1v) is 10.4. The summed E-state index contributed by atoms with van der Waals surface area (Å²) in [5.74, 6) is -1.07. The Hall–Kier alpha value is -3.90. The third-order valence-corrected chi connectivity index (χ3v) is 5.39. The molecule has 1 fully saturated rings. The number of carbonyl (C=O) groups is 2. The van der Waals surface area contributed by atoms with Crippen LogP contribution in [0.15, 0.2) is 53.3 Å². The predicted octanol–water partition coefficient (Wildman–Crippen LogP) is 2.44. The number of hydrogen-bond donors (Lipinski definition) is 3. The van der Waals surface area contributed by atoms with E-state index in [2.05, 4.69) is 4.98 Å². The molecule has 0 aliphatic carbocycles. The number of halogens is 3. The Morgan fingerprint density at radius 2 is 1.94 bits per heavy atom. The molecule has 0 bridgehead atoms. The molecule has 1 saturated heterocycles. The van der Waals surface area contributed by atoms with Crippen molar-refractivity contribution in [1.29, 1.82) is 0 Å². The maximum atomic E-state index is 13.4. The summed E-state index contributed by atoms with van der Waals surface area (Å²) in [4.78, 5) is 40.2. The molecule has 35 heavy (non-hydrogen) atoms. The van der Waals surface area contributed by atoms with Gasteiger partial charge in [-0.2, -0.15) is 13.2 Å². The van der Waals surface area contributed by atoms with Crippen LogP contribution in [0.4, 0.5) is 23.7 Å². The molecular weight excluding hydrogens is 473 g/mol. The predicted molar refractivity (Wildman–Crippen MR) is 117 cm³/mol. The molecule has 0 unspecified atom stereocenters. The minimum Gasteiger partial charge on any atom is -0.460 e. The summed E-state index contributed by atoms with van der Waals surface area (Å²) >= 11 is 0. The second-order valence-corrected chi connectivity index (χ2v) is 7.77. The molecule has 2 heterocycles. The number of pyridine rings is 1. The SMILES string of the molecule is O=C(OC[C@@H]1CN(c2ccc3cc(-c4ccccc4C(F)(F)F)[nH]c(=O)c3c2)C(=O)O1)[C@H](O)CO. The monoisotopic (exact) mass is 492 g/mol. The molecule has 0 saturated carbocycles. The average molecular weight is 492 g/mol. The lowest BCUT2D eigenvalue weighted by Gasteiger charge is -2.15. The summed E-state index contributed by atoms with van der Waals surface area (Å²) in [5.41, 5.74) is -1.41. The van der Waals surface area contributed by atoms with Gasteiger partial charge in [-0.25, -0.2) is 9.59 Å². The van der Waals surface area contributed by atoms with Crippen LogP contribution in [0.2, 0.25) is 0 Å². The molecule has 12 heteroatoms. The number of aliphatic hydroxyl groups is 2. The topological polar surface area (TPSA) is 129 Å². The number of esters is 1. The number of carbonyl (C=O) groups excluding carboxylic acids is 2. The number of fused-ring (bicyclic) bond motifs is 1. The van der Waals surface area contributed by atoms with E-state index in [1.165, 1.54) is 47.4 Å². The van der Waals surface area contributed by atoms with Crippen molar-refractivity contribution < 1.29 is 42.4 Å². The number of benzene rings is 2. The van der Waals surface area contributed by atoms with Gasteiger partial charge in [-0.15, -0.1) is 0 Å². The van der Waals surface area contributed by atoms with Crippen molar-refractivity contribution in [2.24, 2.45) is 0 Å². The van der Waals surface area contributed by atoms with Crippen LogP contribution in [0, 0.1) is 0 Å². The van der Waals surface area contributed by atoms with Gasteiger partial charge >= 0.3 is 18.2 Å². The maximum absolute atomic E-state index is 13.4. The summed E-state index contributed by atoms with van der Waals surface area (Å²) in [5, 5.41) is 18.5. The lowest BCUT2D eigenvalue weighted by atomic mass is 10.0. The van der Waals surface area contributed by atoms with Gasteiger partial charge in [0.05, 0.1) is 18.7 Å². The van der Waals surface area contributed by atoms with Gasteiger partial charge in [-0.1, -0.05) is 24.3 Å². The number of alkyl halides is 3. The molecule has 2 atom stereocenters. The maximum Gasteiger partial charge on any atom is 0.417 e. The second-order valence-electron chi connectivity index (χ2n) is 7.77. The van der Waals surface area contributed by atoms with Gasteiger partial charge in [0.1, 0.15) is 6.61 Å². The Kier molecular flexibility index (Phi) is 6.50.